The second-order valence-electron chi connectivity index (χ2n) is 6.11. The van der Waals surface area contributed by atoms with Gasteiger partial charge in [-0.25, -0.2) is 4.98 Å². The standard InChI is InChI=1S/C16H19ClN6/c1-22-10-12(9-18-22)23-8-7-13-14(23)15(21-16(17)20-13)19-11-5-3-2-4-6-11/h7-11H,2-6H2,1H3,(H,19,20,21). The van der Waals surface area contributed by atoms with Gasteiger partial charge in [-0.2, -0.15) is 10.1 Å². The zero-order valence-electron chi connectivity index (χ0n) is 13.0. The lowest BCUT2D eigenvalue weighted by molar-refractivity contribution is 0.462. The number of halogens is 1. The molecule has 0 amide bonds. The van der Waals surface area contributed by atoms with Crippen molar-refractivity contribution in [2.45, 2.75) is 38.1 Å². The third-order valence-corrected chi connectivity index (χ3v) is 4.59. The Morgan fingerprint density at radius 2 is 2.04 bits per heavy atom. The predicted molar refractivity (Wildman–Crippen MR) is 91.1 cm³/mol. The normalized spacial score (nSPS) is 16.1. The van der Waals surface area contributed by atoms with Crippen LogP contribution in [-0.2, 0) is 7.05 Å². The molecule has 3 heterocycles. The summed E-state index contributed by atoms with van der Waals surface area (Å²) in [5.41, 5.74) is 2.78. The highest BCUT2D eigenvalue weighted by atomic mass is 35.5. The molecule has 3 aromatic rings. The fourth-order valence-electron chi connectivity index (χ4n) is 3.31. The second kappa shape index (κ2) is 5.85. The van der Waals surface area contributed by atoms with Crippen LogP contribution in [0.3, 0.4) is 0 Å². The van der Waals surface area contributed by atoms with Gasteiger partial charge >= 0.3 is 0 Å². The van der Waals surface area contributed by atoms with Crippen LogP contribution in [0.2, 0.25) is 5.28 Å². The molecular formula is C16H19ClN6. The molecule has 0 radical (unpaired) electrons. The van der Waals surface area contributed by atoms with Crippen molar-refractivity contribution in [1.29, 1.82) is 0 Å². The maximum Gasteiger partial charge on any atom is 0.225 e. The molecule has 3 aromatic heterocycles. The molecule has 1 N–H and O–H groups in total. The first-order chi connectivity index (χ1) is 11.2. The predicted octanol–water partition coefficient (Wildman–Crippen LogP) is 3.55. The zero-order chi connectivity index (χ0) is 15.8. The molecule has 0 atom stereocenters. The smallest absolute Gasteiger partial charge is 0.225 e. The van der Waals surface area contributed by atoms with Gasteiger partial charge in [0.2, 0.25) is 5.28 Å². The van der Waals surface area contributed by atoms with E-state index in [1.165, 1.54) is 32.1 Å². The van der Waals surface area contributed by atoms with E-state index >= 15 is 0 Å². The van der Waals surface area contributed by atoms with E-state index < -0.39 is 0 Å². The van der Waals surface area contributed by atoms with Gasteiger partial charge in [0.25, 0.3) is 0 Å². The molecule has 0 unspecified atom stereocenters. The Labute approximate surface area is 139 Å². The maximum absolute atomic E-state index is 6.11. The Bertz CT molecular complexity index is 830. The van der Waals surface area contributed by atoms with Crippen molar-refractivity contribution >= 4 is 28.5 Å². The summed E-state index contributed by atoms with van der Waals surface area (Å²) in [5.74, 6) is 0.806. The van der Waals surface area contributed by atoms with Gasteiger partial charge in [-0.1, -0.05) is 19.3 Å². The summed E-state index contributed by atoms with van der Waals surface area (Å²) in [6.07, 6.45) is 12.0. The van der Waals surface area contributed by atoms with E-state index in [2.05, 4.69) is 25.0 Å². The first kappa shape index (κ1) is 14.5. The van der Waals surface area contributed by atoms with E-state index in [1.54, 1.807) is 4.68 Å². The van der Waals surface area contributed by atoms with Crippen LogP contribution in [0.5, 0.6) is 0 Å². The van der Waals surface area contributed by atoms with Crippen LogP contribution in [0.1, 0.15) is 32.1 Å². The zero-order valence-corrected chi connectivity index (χ0v) is 13.8. The number of nitrogens with one attached hydrogen (secondary N) is 1. The summed E-state index contributed by atoms with van der Waals surface area (Å²) < 4.78 is 3.84. The minimum Gasteiger partial charge on any atom is -0.365 e. The highest BCUT2D eigenvalue weighted by Crippen LogP contribution is 2.29. The van der Waals surface area contributed by atoms with Gasteiger partial charge in [0.1, 0.15) is 5.52 Å². The monoisotopic (exact) mass is 330 g/mol. The number of fused-ring (bicyclic) bond motifs is 1. The number of anilines is 1. The van der Waals surface area contributed by atoms with Gasteiger partial charge in [-0.15, -0.1) is 0 Å². The lowest BCUT2D eigenvalue weighted by atomic mass is 9.95. The van der Waals surface area contributed by atoms with Crippen molar-refractivity contribution in [1.82, 2.24) is 24.3 Å². The molecule has 0 spiro atoms. The van der Waals surface area contributed by atoms with Crippen LogP contribution in [0.15, 0.2) is 24.7 Å². The number of rotatable bonds is 3. The van der Waals surface area contributed by atoms with Crippen LogP contribution in [-0.4, -0.2) is 30.4 Å². The van der Waals surface area contributed by atoms with Crippen molar-refractivity contribution in [2.75, 3.05) is 5.32 Å². The Kier molecular flexibility index (Phi) is 3.69. The highest BCUT2D eigenvalue weighted by Gasteiger charge is 2.18. The number of hydrogen-bond acceptors (Lipinski definition) is 4. The van der Waals surface area contributed by atoms with Crippen molar-refractivity contribution in [3.8, 4) is 5.69 Å². The Hall–Kier alpha value is -2.08. The Morgan fingerprint density at radius 1 is 1.22 bits per heavy atom. The molecule has 0 saturated heterocycles. The van der Waals surface area contributed by atoms with Gasteiger partial charge < -0.3 is 9.88 Å². The van der Waals surface area contributed by atoms with E-state index in [1.807, 2.05) is 31.7 Å². The summed E-state index contributed by atoms with van der Waals surface area (Å²) in [6, 6.07) is 2.41. The molecule has 0 bridgehead atoms. The number of aryl methyl sites for hydroxylation is 1. The molecule has 0 aromatic carbocycles. The van der Waals surface area contributed by atoms with Crippen LogP contribution in [0.4, 0.5) is 5.82 Å². The first-order valence-electron chi connectivity index (χ1n) is 8.01. The molecule has 1 fully saturated rings. The molecule has 1 aliphatic carbocycles. The van der Waals surface area contributed by atoms with Gasteiger partial charge in [-0.3, -0.25) is 4.68 Å². The molecule has 7 heteroatoms. The van der Waals surface area contributed by atoms with Crippen LogP contribution < -0.4 is 5.32 Å². The van der Waals surface area contributed by atoms with Gasteiger partial charge in [0.15, 0.2) is 5.82 Å². The molecule has 6 nitrogen and oxygen atoms in total. The van der Waals surface area contributed by atoms with Crippen molar-refractivity contribution in [2.24, 2.45) is 7.05 Å². The number of nitrogens with zero attached hydrogens (tertiary/aromatic N) is 5. The molecule has 120 valence electrons. The van der Waals surface area contributed by atoms with E-state index in [9.17, 15) is 0 Å². The van der Waals surface area contributed by atoms with Crippen LogP contribution in [0.25, 0.3) is 16.7 Å². The van der Waals surface area contributed by atoms with Gasteiger partial charge in [-0.05, 0) is 30.5 Å². The first-order valence-corrected chi connectivity index (χ1v) is 8.38. The SMILES string of the molecule is Cn1cc(-n2ccc3nc(Cl)nc(NC4CCCCC4)c32)cn1. The molecular weight excluding hydrogens is 312 g/mol. The fraction of sp³-hybridized carbons (Fsp3) is 0.438. The van der Waals surface area contributed by atoms with E-state index in [0.717, 1.165) is 22.5 Å². The van der Waals surface area contributed by atoms with Gasteiger partial charge in [0.05, 0.1) is 17.4 Å². The molecule has 23 heavy (non-hydrogen) atoms. The summed E-state index contributed by atoms with van der Waals surface area (Å²) in [7, 11) is 1.91. The van der Waals surface area contributed by atoms with Crippen LogP contribution >= 0.6 is 11.6 Å². The average Bonchev–Trinajstić information content (AvgIpc) is 3.14. The summed E-state index contributed by atoms with van der Waals surface area (Å²) in [6.45, 7) is 0. The highest BCUT2D eigenvalue weighted by molar-refractivity contribution is 6.28. The lowest BCUT2D eigenvalue weighted by Gasteiger charge is -2.23. The van der Waals surface area contributed by atoms with Crippen molar-refractivity contribution < 1.29 is 0 Å². The molecule has 4 rings (SSSR count). The van der Waals surface area contributed by atoms with Crippen molar-refractivity contribution in [3.05, 3.63) is 29.9 Å². The minimum absolute atomic E-state index is 0.278. The third kappa shape index (κ3) is 2.79. The molecule has 1 aliphatic rings. The minimum atomic E-state index is 0.278. The third-order valence-electron chi connectivity index (χ3n) is 4.42. The van der Waals surface area contributed by atoms with Crippen LogP contribution in [0, 0.1) is 0 Å². The summed E-state index contributed by atoms with van der Waals surface area (Å²) >= 11 is 6.11. The Morgan fingerprint density at radius 3 is 2.78 bits per heavy atom. The summed E-state index contributed by atoms with van der Waals surface area (Å²) in [4.78, 5) is 8.80. The van der Waals surface area contributed by atoms with E-state index in [-0.39, 0.29) is 5.28 Å². The molecule has 1 saturated carbocycles. The average molecular weight is 331 g/mol. The summed E-state index contributed by atoms with van der Waals surface area (Å²) in [5, 5.41) is 8.11. The number of aromatic nitrogens is 5. The lowest BCUT2D eigenvalue weighted by Crippen LogP contribution is -2.23. The van der Waals surface area contributed by atoms with E-state index in [4.69, 9.17) is 11.6 Å². The Balaban J connectivity index is 1.79. The quantitative estimate of drug-likeness (QED) is 0.746. The number of hydrogen-bond donors (Lipinski definition) is 1. The molecule has 0 aliphatic heterocycles. The van der Waals surface area contributed by atoms with Crippen molar-refractivity contribution in [3.63, 3.8) is 0 Å². The largest absolute Gasteiger partial charge is 0.365 e. The van der Waals surface area contributed by atoms with E-state index in [0.29, 0.717) is 6.04 Å². The maximum atomic E-state index is 6.11. The second-order valence-corrected chi connectivity index (χ2v) is 6.45. The fourth-order valence-corrected chi connectivity index (χ4v) is 3.48. The topological polar surface area (TPSA) is 60.6 Å². The van der Waals surface area contributed by atoms with Gasteiger partial charge in [0, 0.05) is 25.5 Å².